The number of aromatic amines is 1. The van der Waals surface area contributed by atoms with Gasteiger partial charge in [-0.1, -0.05) is 11.6 Å². The smallest absolute Gasteiger partial charge is 0.190 e. The summed E-state index contributed by atoms with van der Waals surface area (Å²) in [6, 6.07) is 6.49. The van der Waals surface area contributed by atoms with Gasteiger partial charge in [0, 0.05) is 16.8 Å². The van der Waals surface area contributed by atoms with Crippen LogP contribution in [0, 0.1) is 11.3 Å². The first-order valence-electron chi connectivity index (χ1n) is 6.17. The van der Waals surface area contributed by atoms with E-state index in [1.165, 1.54) is 17.4 Å². The van der Waals surface area contributed by atoms with Crippen LogP contribution in [0.4, 0.5) is 5.13 Å². The Bertz CT molecular complexity index is 958. The molecule has 0 saturated carbocycles. The van der Waals surface area contributed by atoms with Crippen LogP contribution < -0.4 is 15.9 Å². The Balaban J connectivity index is 2.20. The van der Waals surface area contributed by atoms with Gasteiger partial charge in [-0.3, -0.25) is 4.79 Å². The third-order valence-corrected chi connectivity index (χ3v) is 4.05. The van der Waals surface area contributed by atoms with Gasteiger partial charge in [-0.15, -0.1) is 11.3 Å². The molecule has 0 bridgehead atoms. The third-order valence-electron chi connectivity index (χ3n) is 3.00. The Hall–Kier alpha value is -2.56. The van der Waals surface area contributed by atoms with E-state index < -0.39 is 0 Å². The van der Waals surface area contributed by atoms with Gasteiger partial charge in [-0.25, -0.2) is 4.98 Å². The fraction of sp³-hybridized carbons (Fsp3) is 0.0714. The second kappa shape index (κ2) is 5.67. The van der Waals surface area contributed by atoms with Gasteiger partial charge in [0.15, 0.2) is 17.2 Å². The van der Waals surface area contributed by atoms with Crippen LogP contribution in [-0.2, 0) is 0 Å². The molecule has 0 aliphatic carbocycles. The molecule has 6 nitrogen and oxygen atoms in total. The average molecular weight is 333 g/mol. The quantitative estimate of drug-likeness (QED) is 0.767. The molecule has 0 atom stereocenters. The van der Waals surface area contributed by atoms with Crippen molar-refractivity contribution >= 4 is 39.0 Å². The van der Waals surface area contributed by atoms with Gasteiger partial charge < -0.3 is 15.5 Å². The van der Waals surface area contributed by atoms with Crippen LogP contribution in [0.15, 0.2) is 28.4 Å². The summed E-state index contributed by atoms with van der Waals surface area (Å²) in [6.07, 6.45) is 0. The number of anilines is 1. The Kier molecular flexibility index (Phi) is 3.71. The summed E-state index contributed by atoms with van der Waals surface area (Å²) < 4.78 is 5.23. The fourth-order valence-electron chi connectivity index (χ4n) is 2.03. The average Bonchev–Trinajstić information content (AvgIpc) is 2.93. The molecule has 3 N–H and O–H groups in total. The number of nitrogen functional groups attached to an aromatic ring is 1. The summed E-state index contributed by atoms with van der Waals surface area (Å²) in [5.41, 5.74) is 6.95. The molecule has 8 heteroatoms. The molecule has 3 rings (SSSR count). The summed E-state index contributed by atoms with van der Waals surface area (Å²) in [5, 5.41) is 11.4. The van der Waals surface area contributed by atoms with Crippen molar-refractivity contribution in [2.24, 2.45) is 0 Å². The molecular weight excluding hydrogens is 324 g/mol. The monoisotopic (exact) mass is 332 g/mol. The number of thiazole rings is 1. The van der Waals surface area contributed by atoms with Gasteiger partial charge in [-0.2, -0.15) is 5.26 Å². The number of ether oxygens (including phenoxy) is 1. The molecule has 0 saturated heterocycles. The number of hydrogen-bond donors (Lipinski definition) is 2. The number of nitrogens with two attached hydrogens (primary N) is 1. The summed E-state index contributed by atoms with van der Waals surface area (Å²) in [4.78, 5) is 19.4. The number of H-pyrrole nitrogens is 1. The van der Waals surface area contributed by atoms with Crippen molar-refractivity contribution in [3.63, 3.8) is 0 Å². The Morgan fingerprint density at radius 3 is 3.00 bits per heavy atom. The van der Waals surface area contributed by atoms with Crippen LogP contribution in [0.3, 0.4) is 0 Å². The van der Waals surface area contributed by atoms with E-state index >= 15 is 0 Å². The van der Waals surface area contributed by atoms with E-state index in [-0.39, 0.29) is 17.1 Å². The number of nitrogens with one attached hydrogen (secondary N) is 1. The fourth-order valence-corrected chi connectivity index (χ4v) is 2.86. The number of rotatable bonds is 3. The summed E-state index contributed by atoms with van der Waals surface area (Å²) in [7, 11) is 0. The highest BCUT2D eigenvalue weighted by Crippen LogP contribution is 2.32. The molecule has 0 spiro atoms. The van der Waals surface area contributed by atoms with Gasteiger partial charge in [0.25, 0.3) is 0 Å². The van der Waals surface area contributed by atoms with E-state index in [1.54, 1.807) is 17.5 Å². The molecule has 0 fully saturated rings. The van der Waals surface area contributed by atoms with Crippen LogP contribution in [0.5, 0.6) is 5.75 Å². The summed E-state index contributed by atoms with van der Waals surface area (Å²) >= 11 is 7.55. The molecule has 3 aromatic rings. The second-order valence-electron chi connectivity index (χ2n) is 4.37. The lowest BCUT2D eigenvalue weighted by atomic mass is 10.1. The number of benzene rings is 1. The molecule has 0 aliphatic rings. The lowest BCUT2D eigenvalue weighted by Gasteiger charge is -2.08. The van der Waals surface area contributed by atoms with Crippen molar-refractivity contribution in [1.82, 2.24) is 9.97 Å². The second-order valence-corrected chi connectivity index (χ2v) is 5.63. The van der Waals surface area contributed by atoms with E-state index in [4.69, 9.17) is 27.3 Å². The van der Waals surface area contributed by atoms with E-state index in [0.29, 0.717) is 33.2 Å². The van der Waals surface area contributed by atoms with Crippen LogP contribution in [-0.4, -0.2) is 16.6 Å². The summed E-state index contributed by atoms with van der Waals surface area (Å²) in [5.74, 6) is 0.335. The van der Waals surface area contributed by atoms with Crippen molar-refractivity contribution in [2.75, 3.05) is 12.3 Å². The Labute approximate surface area is 133 Å². The Morgan fingerprint density at radius 2 is 2.32 bits per heavy atom. The van der Waals surface area contributed by atoms with Crippen LogP contribution in [0.1, 0.15) is 0 Å². The van der Waals surface area contributed by atoms with Crippen LogP contribution in [0.2, 0.25) is 5.02 Å². The highest BCUT2D eigenvalue weighted by molar-refractivity contribution is 7.13. The van der Waals surface area contributed by atoms with E-state index in [1.807, 2.05) is 6.07 Å². The maximum atomic E-state index is 12.2. The third kappa shape index (κ3) is 2.50. The molecule has 22 heavy (non-hydrogen) atoms. The van der Waals surface area contributed by atoms with Gasteiger partial charge in [0.05, 0.1) is 16.9 Å². The SMILES string of the molecule is N#CCOc1ccc2c(=O)cc(-c3csc(N)n3)[nH]c2c1Cl. The largest absolute Gasteiger partial charge is 0.477 e. The normalized spacial score (nSPS) is 10.5. The van der Waals surface area contributed by atoms with Gasteiger partial charge in [-0.05, 0) is 12.1 Å². The van der Waals surface area contributed by atoms with Crippen molar-refractivity contribution in [3.8, 4) is 23.2 Å². The molecule has 0 unspecified atom stereocenters. The molecule has 2 aromatic heterocycles. The highest BCUT2D eigenvalue weighted by Gasteiger charge is 2.12. The van der Waals surface area contributed by atoms with Crippen molar-refractivity contribution in [3.05, 3.63) is 38.8 Å². The zero-order valence-corrected chi connectivity index (χ0v) is 12.7. The predicted molar refractivity (Wildman–Crippen MR) is 86.2 cm³/mol. The van der Waals surface area contributed by atoms with E-state index in [9.17, 15) is 4.79 Å². The zero-order valence-electron chi connectivity index (χ0n) is 11.1. The molecule has 2 heterocycles. The minimum absolute atomic E-state index is 0.127. The number of fused-ring (bicyclic) bond motifs is 1. The van der Waals surface area contributed by atoms with Crippen molar-refractivity contribution in [2.45, 2.75) is 0 Å². The van der Waals surface area contributed by atoms with Crippen LogP contribution in [0.25, 0.3) is 22.3 Å². The minimum atomic E-state index is -0.191. The van der Waals surface area contributed by atoms with Gasteiger partial charge >= 0.3 is 0 Å². The predicted octanol–water partition coefficient (Wildman–Crippen LogP) is 2.79. The highest BCUT2D eigenvalue weighted by atomic mass is 35.5. The molecule has 1 aromatic carbocycles. The van der Waals surface area contributed by atoms with E-state index in [0.717, 1.165) is 0 Å². The molecular formula is C14H9ClN4O2S. The van der Waals surface area contributed by atoms with E-state index in [2.05, 4.69) is 9.97 Å². The lowest BCUT2D eigenvalue weighted by molar-refractivity contribution is 0.369. The molecule has 0 aliphatic heterocycles. The molecule has 0 amide bonds. The maximum Gasteiger partial charge on any atom is 0.190 e. The topological polar surface area (TPSA) is 105 Å². The maximum absolute atomic E-state index is 12.2. The number of nitrogens with zero attached hydrogens (tertiary/aromatic N) is 2. The number of hydrogen-bond acceptors (Lipinski definition) is 6. The first-order valence-corrected chi connectivity index (χ1v) is 7.42. The van der Waals surface area contributed by atoms with Crippen LogP contribution >= 0.6 is 22.9 Å². The first kappa shape index (κ1) is 14.4. The molecule has 0 radical (unpaired) electrons. The minimum Gasteiger partial charge on any atom is -0.477 e. The van der Waals surface area contributed by atoms with Gasteiger partial charge in [0.1, 0.15) is 16.8 Å². The number of pyridine rings is 1. The number of aromatic nitrogens is 2. The van der Waals surface area contributed by atoms with Gasteiger partial charge in [0.2, 0.25) is 0 Å². The summed E-state index contributed by atoms with van der Waals surface area (Å²) in [6.45, 7) is -0.127. The zero-order chi connectivity index (χ0) is 15.7. The number of nitriles is 1. The first-order chi connectivity index (χ1) is 10.6. The van der Waals surface area contributed by atoms with Crippen molar-refractivity contribution < 1.29 is 4.74 Å². The standard InChI is InChI=1S/C14H9ClN4O2S/c15-12-11(21-4-3-16)2-1-7-10(20)5-8(18-13(7)12)9-6-22-14(17)19-9/h1-2,5-6H,4H2,(H2,17,19)(H,18,20). The number of halogens is 1. The molecule has 110 valence electrons. The van der Waals surface area contributed by atoms with Crippen molar-refractivity contribution in [1.29, 1.82) is 5.26 Å². The lowest BCUT2D eigenvalue weighted by Crippen LogP contribution is -2.04. The Morgan fingerprint density at radius 1 is 1.50 bits per heavy atom.